The first-order valence-electron chi connectivity index (χ1n) is 4.75. The fraction of sp³-hybridized carbons (Fsp3) is 0.333. The third-order valence-electron chi connectivity index (χ3n) is 2.20. The second-order valence-corrected chi connectivity index (χ2v) is 3.16. The Balaban J connectivity index is 3.09. The molecule has 1 rings (SSSR count). The van der Waals surface area contributed by atoms with Crippen LogP contribution in [0.4, 0.5) is 0 Å². The summed E-state index contributed by atoms with van der Waals surface area (Å²) in [6, 6.07) is 9.55. The van der Waals surface area contributed by atoms with Gasteiger partial charge in [0.15, 0.2) is 0 Å². The third-order valence-corrected chi connectivity index (χ3v) is 2.20. The Labute approximate surface area is 84.4 Å². The molecule has 70 valence electrons. The molecule has 0 amide bonds. The summed E-state index contributed by atoms with van der Waals surface area (Å²) in [6.45, 7) is 2.10. The predicted molar refractivity (Wildman–Crippen MR) is 54.5 cm³/mol. The van der Waals surface area contributed by atoms with Gasteiger partial charge in [-0.2, -0.15) is 10.5 Å². The van der Waals surface area contributed by atoms with Crippen molar-refractivity contribution in [1.82, 2.24) is 0 Å². The molecule has 0 heterocycles. The molecule has 0 aliphatic rings. The fourth-order valence-electron chi connectivity index (χ4n) is 1.42. The van der Waals surface area contributed by atoms with Crippen molar-refractivity contribution in [1.29, 1.82) is 10.5 Å². The van der Waals surface area contributed by atoms with Crippen LogP contribution < -0.4 is 0 Å². The average molecular weight is 184 g/mol. The molecule has 2 heteroatoms. The number of hydrogen-bond acceptors (Lipinski definition) is 2. The van der Waals surface area contributed by atoms with Crippen LogP contribution in [0.15, 0.2) is 18.2 Å². The Morgan fingerprint density at radius 1 is 1.14 bits per heavy atom. The number of unbranched alkanes of at least 4 members (excludes halogenated alkanes) is 1. The van der Waals surface area contributed by atoms with Crippen molar-refractivity contribution in [2.45, 2.75) is 26.2 Å². The van der Waals surface area contributed by atoms with Gasteiger partial charge in [-0.1, -0.05) is 19.4 Å². The summed E-state index contributed by atoms with van der Waals surface area (Å²) in [6.07, 6.45) is 2.92. The smallest absolute Gasteiger partial charge is 0.0994 e. The molecule has 1 aromatic rings. The van der Waals surface area contributed by atoms with Gasteiger partial charge in [-0.25, -0.2) is 0 Å². The van der Waals surface area contributed by atoms with Gasteiger partial charge in [0.2, 0.25) is 0 Å². The maximum atomic E-state index is 8.88. The van der Waals surface area contributed by atoms with Crippen LogP contribution in [0.3, 0.4) is 0 Å². The monoisotopic (exact) mass is 184 g/mol. The van der Waals surface area contributed by atoms with Gasteiger partial charge in [-0.3, -0.25) is 0 Å². The molecule has 0 aliphatic carbocycles. The lowest BCUT2D eigenvalue weighted by Crippen LogP contribution is -1.94. The summed E-state index contributed by atoms with van der Waals surface area (Å²) in [7, 11) is 0. The van der Waals surface area contributed by atoms with E-state index < -0.39 is 0 Å². The van der Waals surface area contributed by atoms with E-state index in [9.17, 15) is 0 Å². The Bertz CT molecular complexity index is 362. The molecule has 0 radical (unpaired) electrons. The molecule has 0 atom stereocenters. The van der Waals surface area contributed by atoms with E-state index in [0.29, 0.717) is 11.1 Å². The maximum absolute atomic E-state index is 8.88. The molecule has 0 bridgehead atoms. The quantitative estimate of drug-likeness (QED) is 0.725. The van der Waals surface area contributed by atoms with Gasteiger partial charge in [0, 0.05) is 0 Å². The van der Waals surface area contributed by atoms with Crippen LogP contribution in [-0.2, 0) is 6.42 Å². The molecule has 0 spiro atoms. The molecule has 0 fully saturated rings. The SMILES string of the molecule is CCCCc1c(C#N)cccc1C#N. The molecule has 2 nitrogen and oxygen atoms in total. The average Bonchev–Trinajstić information content (AvgIpc) is 2.25. The summed E-state index contributed by atoms with van der Waals surface area (Å²) >= 11 is 0. The third kappa shape index (κ3) is 2.12. The Morgan fingerprint density at radius 3 is 2.14 bits per heavy atom. The van der Waals surface area contributed by atoms with Crippen LogP contribution in [0.2, 0.25) is 0 Å². The fourth-order valence-corrected chi connectivity index (χ4v) is 1.42. The summed E-state index contributed by atoms with van der Waals surface area (Å²) in [5, 5.41) is 17.8. The topological polar surface area (TPSA) is 47.6 Å². The minimum Gasteiger partial charge on any atom is -0.192 e. The van der Waals surface area contributed by atoms with E-state index in [1.807, 2.05) is 0 Å². The highest BCUT2D eigenvalue weighted by Crippen LogP contribution is 2.16. The zero-order valence-corrected chi connectivity index (χ0v) is 8.25. The molecule has 0 unspecified atom stereocenters. The summed E-state index contributed by atoms with van der Waals surface area (Å²) in [5.41, 5.74) is 2.18. The minimum atomic E-state index is 0.637. The minimum absolute atomic E-state index is 0.637. The first-order chi connectivity index (χ1) is 6.83. The number of rotatable bonds is 3. The van der Waals surface area contributed by atoms with Gasteiger partial charge in [0.1, 0.15) is 0 Å². The predicted octanol–water partition coefficient (Wildman–Crippen LogP) is 2.77. The molecular formula is C12H12N2. The lowest BCUT2D eigenvalue weighted by Gasteiger charge is -2.04. The van der Waals surface area contributed by atoms with Gasteiger partial charge in [0.05, 0.1) is 23.3 Å². The van der Waals surface area contributed by atoms with Gasteiger partial charge >= 0.3 is 0 Å². The largest absolute Gasteiger partial charge is 0.192 e. The van der Waals surface area contributed by atoms with Crippen molar-refractivity contribution in [3.63, 3.8) is 0 Å². The van der Waals surface area contributed by atoms with Crippen molar-refractivity contribution in [3.8, 4) is 12.1 Å². The number of benzene rings is 1. The van der Waals surface area contributed by atoms with Crippen LogP contribution in [0.25, 0.3) is 0 Å². The van der Waals surface area contributed by atoms with Crippen molar-refractivity contribution >= 4 is 0 Å². The van der Waals surface area contributed by atoms with Crippen molar-refractivity contribution in [3.05, 3.63) is 34.9 Å². The second kappa shape index (κ2) is 5.04. The Morgan fingerprint density at radius 2 is 1.71 bits per heavy atom. The Hall–Kier alpha value is -1.80. The van der Waals surface area contributed by atoms with Gasteiger partial charge in [-0.05, 0) is 30.5 Å². The van der Waals surface area contributed by atoms with E-state index in [-0.39, 0.29) is 0 Å². The van der Waals surface area contributed by atoms with Gasteiger partial charge in [-0.15, -0.1) is 0 Å². The summed E-state index contributed by atoms with van der Waals surface area (Å²) < 4.78 is 0. The van der Waals surface area contributed by atoms with E-state index in [1.165, 1.54) is 0 Å². The molecule has 1 aromatic carbocycles. The molecule has 0 N–H and O–H groups in total. The molecule has 14 heavy (non-hydrogen) atoms. The number of nitrogens with zero attached hydrogens (tertiary/aromatic N) is 2. The first-order valence-corrected chi connectivity index (χ1v) is 4.75. The number of hydrogen-bond donors (Lipinski definition) is 0. The van der Waals surface area contributed by atoms with E-state index >= 15 is 0 Å². The highest BCUT2D eigenvalue weighted by Gasteiger charge is 2.06. The summed E-state index contributed by atoms with van der Waals surface area (Å²) in [5.74, 6) is 0. The highest BCUT2D eigenvalue weighted by atomic mass is 14.3. The van der Waals surface area contributed by atoms with Crippen molar-refractivity contribution < 1.29 is 0 Å². The second-order valence-electron chi connectivity index (χ2n) is 3.16. The molecule has 0 saturated heterocycles. The van der Waals surface area contributed by atoms with Gasteiger partial charge < -0.3 is 0 Å². The van der Waals surface area contributed by atoms with Crippen LogP contribution in [-0.4, -0.2) is 0 Å². The van der Waals surface area contributed by atoms with Crippen LogP contribution in [0, 0.1) is 22.7 Å². The van der Waals surface area contributed by atoms with E-state index in [0.717, 1.165) is 24.8 Å². The maximum Gasteiger partial charge on any atom is 0.0994 e. The van der Waals surface area contributed by atoms with Crippen LogP contribution in [0.5, 0.6) is 0 Å². The standard InChI is InChI=1S/C12H12N2/c1-2-3-7-12-10(8-13)5-4-6-11(12)9-14/h4-6H,2-3,7H2,1H3. The molecule has 0 aromatic heterocycles. The molecule has 0 saturated carbocycles. The van der Waals surface area contributed by atoms with E-state index in [1.54, 1.807) is 18.2 Å². The van der Waals surface area contributed by atoms with Gasteiger partial charge in [0.25, 0.3) is 0 Å². The Kier molecular flexibility index (Phi) is 3.70. The van der Waals surface area contributed by atoms with Crippen LogP contribution >= 0.6 is 0 Å². The van der Waals surface area contributed by atoms with Crippen molar-refractivity contribution in [2.75, 3.05) is 0 Å². The zero-order chi connectivity index (χ0) is 10.4. The summed E-state index contributed by atoms with van der Waals surface area (Å²) in [4.78, 5) is 0. The van der Waals surface area contributed by atoms with E-state index in [4.69, 9.17) is 10.5 Å². The normalized spacial score (nSPS) is 9.07. The highest BCUT2D eigenvalue weighted by molar-refractivity contribution is 5.48. The first kappa shape index (κ1) is 10.3. The zero-order valence-electron chi connectivity index (χ0n) is 8.25. The molecular weight excluding hydrogens is 172 g/mol. The number of nitriles is 2. The van der Waals surface area contributed by atoms with Crippen LogP contribution in [0.1, 0.15) is 36.5 Å². The van der Waals surface area contributed by atoms with Crippen molar-refractivity contribution in [2.24, 2.45) is 0 Å². The van der Waals surface area contributed by atoms with E-state index in [2.05, 4.69) is 19.1 Å². The lowest BCUT2D eigenvalue weighted by atomic mass is 9.98. The molecule has 0 aliphatic heterocycles. The lowest BCUT2D eigenvalue weighted by molar-refractivity contribution is 0.792.